The smallest absolute Gasteiger partial charge is 0.408 e. The second kappa shape index (κ2) is 9.64. The molecule has 2 aliphatic rings. The van der Waals surface area contributed by atoms with Crippen LogP contribution in [-0.4, -0.2) is 76.8 Å². The first kappa shape index (κ1) is 24.6. The topological polar surface area (TPSA) is 92.2 Å². The lowest BCUT2D eigenvalue weighted by Gasteiger charge is -2.52. The van der Waals surface area contributed by atoms with Crippen molar-refractivity contribution in [3.8, 4) is 5.75 Å². The van der Waals surface area contributed by atoms with E-state index in [0.29, 0.717) is 35.2 Å². The Kier molecular flexibility index (Phi) is 6.98. The van der Waals surface area contributed by atoms with Crippen molar-refractivity contribution in [3.05, 3.63) is 45.9 Å². The van der Waals surface area contributed by atoms with Crippen LogP contribution in [-0.2, 0) is 4.74 Å². The van der Waals surface area contributed by atoms with Crippen molar-refractivity contribution in [2.45, 2.75) is 58.3 Å². The maximum atomic E-state index is 13.0. The number of carboxylic acid groups (broad SMARTS) is 1. The van der Waals surface area contributed by atoms with Gasteiger partial charge in [-0.3, -0.25) is 14.6 Å². The Labute approximate surface area is 204 Å². The molecular formula is C25H33N3O5S. The molecule has 0 saturated carbocycles. The normalized spacial score (nSPS) is 25.3. The van der Waals surface area contributed by atoms with Gasteiger partial charge in [-0.1, -0.05) is 20.8 Å². The molecule has 1 aromatic heterocycles. The quantitative estimate of drug-likeness (QED) is 0.607. The van der Waals surface area contributed by atoms with Crippen LogP contribution in [0.4, 0.5) is 4.79 Å². The molecule has 2 fully saturated rings. The van der Waals surface area contributed by atoms with Crippen molar-refractivity contribution in [3.63, 3.8) is 0 Å². The fourth-order valence-corrected chi connectivity index (χ4v) is 6.24. The number of ketones is 1. The summed E-state index contributed by atoms with van der Waals surface area (Å²) >= 11 is 1.35. The molecule has 2 saturated heterocycles. The van der Waals surface area contributed by atoms with Crippen molar-refractivity contribution < 1.29 is 24.2 Å². The van der Waals surface area contributed by atoms with Crippen molar-refractivity contribution in [1.82, 2.24) is 14.8 Å². The molecule has 34 heavy (non-hydrogen) atoms. The summed E-state index contributed by atoms with van der Waals surface area (Å²) in [4.78, 5) is 34.2. The molecule has 3 heterocycles. The Morgan fingerprint density at radius 3 is 2.50 bits per heavy atom. The van der Waals surface area contributed by atoms with E-state index in [-0.39, 0.29) is 29.4 Å². The number of thiazole rings is 1. The van der Waals surface area contributed by atoms with Crippen LogP contribution in [0.15, 0.2) is 29.6 Å². The number of carbonyl (C=O) groups excluding carboxylic acids is 1. The highest BCUT2D eigenvalue weighted by Gasteiger charge is 2.53. The first-order chi connectivity index (χ1) is 16.1. The van der Waals surface area contributed by atoms with E-state index in [9.17, 15) is 14.7 Å². The van der Waals surface area contributed by atoms with E-state index < -0.39 is 12.1 Å². The SMILES string of the molecule is CCO[C@@H]1C[C@@H]2C(C(C)(C)C)N(C(=O)O)[C@H](c3nc(C(=O)c4ccc(OC)cc4)cs3)CN2C1. The van der Waals surface area contributed by atoms with Gasteiger partial charge in [-0.05, 0) is 43.0 Å². The average Bonchev–Trinajstić information content (AvgIpc) is 3.43. The van der Waals surface area contributed by atoms with Crippen LogP contribution in [0.2, 0.25) is 0 Å². The van der Waals surface area contributed by atoms with Crippen LogP contribution in [0.5, 0.6) is 5.75 Å². The lowest BCUT2D eigenvalue weighted by Crippen LogP contribution is -2.63. The number of ether oxygens (including phenoxy) is 2. The highest BCUT2D eigenvalue weighted by molar-refractivity contribution is 7.10. The standard InChI is InChI=1S/C25H33N3O5S/c1-6-33-17-11-19-22(25(2,3)4)28(24(30)31)20(13-27(19)12-17)23-26-18(14-34-23)21(29)15-7-9-16(32-5)10-8-15/h7-10,14,17,19-20,22H,6,11-13H2,1-5H3,(H,30,31)/t17-,19-,20+,22?/m1/s1. The summed E-state index contributed by atoms with van der Waals surface area (Å²) < 4.78 is 11.1. The highest BCUT2D eigenvalue weighted by atomic mass is 32.1. The maximum Gasteiger partial charge on any atom is 0.408 e. The van der Waals surface area contributed by atoms with E-state index in [4.69, 9.17) is 9.47 Å². The van der Waals surface area contributed by atoms with Gasteiger partial charge >= 0.3 is 6.09 Å². The first-order valence-corrected chi connectivity index (χ1v) is 12.5. The summed E-state index contributed by atoms with van der Waals surface area (Å²) in [7, 11) is 1.58. The molecule has 2 aromatic rings. The Balaban J connectivity index is 1.65. The second-order valence-electron chi connectivity index (χ2n) is 9.98. The second-order valence-corrected chi connectivity index (χ2v) is 10.9. The van der Waals surface area contributed by atoms with E-state index in [1.807, 2.05) is 6.92 Å². The van der Waals surface area contributed by atoms with Crippen LogP contribution in [0.25, 0.3) is 0 Å². The zero-order valence-electron chi connectivity index (χ0n) is 20.4. The summed E-state index contributed by atoms with van der Waals surface area (Å²) in [6.07, 6.45) is -0.0499. The number of rotatable bonds is 6. The molecule has 8 nitrogen and oxygen atoms in total. The van der Waals surface area contributed by atoms with Gasteiger partial charge < -0.3 is 14.6 Å². The number of nitrogens with zero attached hydrogens (tertiary/aromatic N) is 3. The minimum absolute atomic E-state index is 0.0873. The number of aromatic nitrogens is 1. The van der Waals surface area contributed by atoms with Gasteiger partial charge in [0.05, 0.1) is 19.3 Å². The molecule has 184 valence electrons. The molecular weight excluding hydrogens is 454 g/mol. The Hall–Kier alpha value is -2.49. The Bertz CT molecular complexity index is 1030. The number of hydrogen-bond acceptors (Lipinski definition) is 7. The van der Waals surface area contributed by atoms with Crippen molar-refractivity contribution in [2.75, 3.05) is 26.8 Å². The third kappa shape index (κ3) is 4.69. The molecule has 0 aliphatic carbocycles. The van der Waals surface area contributed by atoms with Crippen LogP contribution in [0.3, 0.4) is 0 Å². The van der Waals surface area contributed by atoms with Crippen LogP contribution >= 0.6 is 11.3 Å². The lowest BCUT2D eigenvalue weighted by atomic mass is 9.78. The summed E-state index contributed by atoms with van der Waals surface area (Å²) in [6.45, 7) is 10.2. The molecule has 0 radical (unpaired) electrons. The van der Waals surface area contributed by atoms with E-state index in [1.54, 1.807) is 41.7 Å². The molecule has 1 aromatic carbocycles. The van der Waals surface area contributed by atoms with E-state index in [2.05, 4.69) is 30.7 Å². The molecule has 0 bridgehead atoms. The highest BCUT2D eigenvalue weighted by Crippen LogP contribution is 2.44. The molecule has 9 heteroatoms. The number of methoxy groups -OCH3 is 1. The summed E-state index contributed by atoms with van der Waals surface area (Å²) in [5, 5.41) is 12.7. The molecule has 4 atom stereocenters. The fraction of sp³-hybridized carbons (Fsp3) is 0.560. The average molecular weight is 488 g/mol. The summed E-state index contributed by atoms with van der Waals surface area (Å²) in [6, 6.07) is 6.32. The van der Waals surface area contributed by atoms with Gasteiger partial charge in [0.25, 0.3) is 0 Å². The van der Waals surface area contributed by atoms with Crippen molar-refractivity contribution in [1.29, 1.82) is 0 Å². The van der Waals surface area contributed by atoms with E-state index >= 15 is 0 Å². The summed E-state index contributed by atoms with van der Waals surface area (Å²) in [5.74, 6) is 0.485. The molecule has 0 spiro atoms. The number of carbonyl (C=O) groups is 2. The third-order valence-corrected chi connectivity index (χ3v) is 7.67. The predicted octanol–water partition coefficient (Wildman–Crippen LogP) is 4.31. The zero-order valence-corrected chi connectivity index (χ0v) is 21.2. The fourth-order valence-electron chi connectivity index (χ4n) is 5.35. The largest absolute Gasteiger partial charge is 0.497 e. The summed E-state index contributed by atoms with van der Waals surface area (Å²) in [5.41, 5.74) is 0.571. The van der Waals surface area contributed by atoms with Gasteiger partial charge in [-0.2, -0.15) is 0 Å². The maximum absolute atomic E-state index is 13.0. The molecule has 1 unspecified atom stereocenters. The Morgan fingerprint density at radius 1 is 1.21 bits per heavy atom. The van der Waals surface area contributed by atoms with Crippen LogP contribution < -0.4 is 4.74 Å². The van der Waals surface area contributed by atoms with Gasteiger partial charge in [0, 0.05) is 36.7 Å². The number of amides is 1. The van der Waals surface area contributed by atoms with E-state index in [0.717, 1.165) is 13.0 Å². The van der Waals surface area contributed by atoms with Gasteiger partial charge in [0.2, 0.25) is 5.78 Å². The number of hydrogen-bond donors (Lipinski definition) is 1. The van der Waals surface area contributed by atoms with Gasteiger partial charge in [-0.25, -0.2) is 9.78 Å². The van der Waals surface area contributed by atoms with Crippen LogP contribution in [0.1, 0.15) is 61.2 Å². The molecule has 1 N–H and O–H groups in total. The van der Waals surface area contributed by atoms with Gasteiger partial charge in [-0.15, -0.1) is 11.3 Å². The molecule has 1 amide bonds. The lowest BCUT2D eigenvalue weighted by molar-refractivity contribution is -0.0381. The third-order valence-electron chi connectivity index (χ3n) is 6.72. The number of benzene rings is 1. The van der Waals surface area contributed by atoms with Crippen LogP contribution in [0, 0.1) is 5.41 Å². The van der Waals surface area contributed by atoms with Gasteiger partial charge in [0.1, 0.15) is 22.5 Å². The molecule has 4 rings (SSSR count). The zero-order chi connectivity index (χ0) is 24.6. The predicted molar refractivity (Wildman–Crippen MR) is 130 cm³/mol. The molecule has 2 aliphatic heterocycles. The van der Waals surface area contributed by atoms with Gasteiger partial charge in [0.15, 0.2) is 0 Å². The van der Waals surface area contributed by atoms with E-state index in [1.165, 1.54) is 11.3 Å². The minimum atomic E-state index is -0.956. The first-order valence-electron chi connectivity index (χ1n) is 11.6. The number of fused-ring (bicyclic) bond motifs is 1. The number of piperazine rings is 1. The monoisotopic (exact) mass is 487 g/mol. The minimum Gasteiger partial charge on any atom is -0.497 e. The Morgan fingerprint density at radius 2 is 1.91 bits per heavy atom. The van der Waals surface area contributed by atoms with Crippen molar-refractivity contribution >= 4 is 23.2 Å². The van der Waals surface area contributed by atoms with Crippen molar-refractivity contribution in [2.24, 2.45) is 5.41 Å².